The molecule has 1 aliphatic heterocycles. The van der Waals surface area contributed by atoms with Crippen molar-refractivity contribution in [2.24, 2.45) is 0 Å². The first-order valence-electron chi connectivity index (χ1n) is 6.74. The predicted octanol–water partition coefficient (Wildman–Crippen LogP) is 1.94. The van der Waals surface area contributed by atoms with E-state index in [9.17, 15) is 14.7 Å². The zero-order valence-electron chi connectivity index (χ0n) is 12.6. The zero-order chi connectivity index (χ0) is 16.5. The van der Waals surface area contributed by atoms with Gasteiger partial charge in [-0.05, 0) is 22.6 Å². The number of hydrogen-bond donors (Lipinski definition) is 0. The lowest BCUT2D eigenvalue weighted by Crippen LogP contribution is -2.40. The first-order chi connectivity index (χ1) is 10.2. The number of aliphatic carboxylic acids is 1. The summed E-state index contributed by atoms with van der Waals surface area (Å²) in [4.78, 5) is 24.3. The van der Waals surface area contributed by atoms with E-state index in [0.717, 1.165) is 22.2 Å². The Labute approximate surface area is 139 Å². The van der Waals surface area contributed by atoms with Crippen molar-refractivity contribution in [3.05, 3.63) is 40.3 Å². The van der Waals surface area contributed by atoms with Gasteiger partial charge in [0, 0.05) is 0 Å². The lowest BCUT2D eigenvalue weighted by atomic mass is 9.87. The Balaban J connectivity index is 2.22. The number of thiocarbonyl (C=S) groups is 1. The summed E-state index contributed by atoms with van der Waals surface area (Å²) in [7, 11) is 0. The number of carboxylic acid groups (broad SMARTS) is 1. The molecule has 4 nitrogen and oxygen atoms in total. The maximum atomic E-state index is 12.1. The highest BCUT2D eigenvalue weighted by Gasteiger charge is 2.31. The number of carbonyl (C=O) groups excluding carboxylic acids is 2. The van der Waals surface area contributed by atoms with Crippen LogP contribution in [-0.4, -0.2) is 27.6 Å². The molecule has 1 fully saturated rings. The predicted molar refractivity (Wildman–Crippen MR) is 90.0 cm³/mol. The van der Waals surface area contributed by atoms with E-state index in [2.05, 4.69) is 20.8 Å². The number of benzene rings is 1. The topological polar surface area (TPSA) is 60.4 Å². The van der Waals surface area contributed by atoms with Gasteiger partial charge < -0.3 is 9.90 Å². The van der Waals surface area contributed by atoms with Gasteiger partial charge in [0.15, 0.2) is 0 Å². The summed E-state index contributed by atoms with van der Waals surface area (Å²) in [6.07, 6.45) is 1.72. The van der Waals surface area contributed by atoms with Crippen molar-refractivity contribution in [1.29, 1.82) is 0 Å². The van der Waals surface area contributed by atoms with Crippen LogP contribution in [0.15, 0.2) is 29.2 Å². The van der Waals surface area contributed by atoms with E-state index in [0.29, 0.717) is 4.91 Å². The SMILES string of the molecule is CC(C)(C)c1ccc(/C=C2\SC(=S)N(CC(=O)[O-])C2=O)cc1. The van der Waals surface area contributed by atoms with Crippen molar-refractivity contribution < 1.29 is 14.7 Å². The number of carboxylic acids is 1. The van der Waals surface area contributed by atoms with Crippen LogP contribution < -0.4 is 5.11 Å². The molecule has 116 valence electrons. The highest BCUT2D eigenvalue weighted by molar-refractivity contribution is 8.26. The van der Waals surface area contributed by atoms with E-state index in [1.165, 1.54) is 5.56 Å². The number of carbonyl (C=O) groups is 2. The van der Waals surface area contributed by atoms with Crippen molar-refractivity contribution >= 4 is 46.3 Å². The Hall–Kier alpha value is -1.66. The summed E-state index contributed by atoms with van der Waals surface area (Å²) >= 11 is 6.14. The third-order valence-corrected chi connectivity index (χ3v) is 4.61. The minimum atomic E-state index is -1.33. The fourth-order valence-electron chi connectivity index (χ4n) is 2.00. The second-order valence-electron chi connectivity index (χ2n) is 6.01. The highest BCUT2D eigenvalue weighted by atomic mass is 32.2. The molecular weight excluding hydrogens is 318 g/mol. The molecule has 1 amide bonds. The molecule has 0 aliphatic carbocycles. The van der Waals surface area contributed by atoms with Gasteiger partial charge in [0.05, 0.1) is 17.4 Å². The van der Waals surface area contributed by atoms with Gasteiger partial charge in [-0.1, -0.05) is 69.0 Å². The Kier molecular flexibility index (Phi) is 4.72. The van der Waals surface area contributed by atoms with Gasteiger partial charge in [0.1, 0.15) is 4.32 Å². The molecule has 0 radical (unpaired) electrons. The van der Waals surface area contributed by atoms with Crippen LogP contribution in [0.5, 0.6) is 0 Å². The second-order valence-corrected chi connectivity index (χ2v) is 7.69. The summed E-state index contributed by atoms with van der Waals surface area (Å²) in [5, 5.41) is 10.6. The van der Waals surface area contributed by atoms with E-state index in [-0.39, 0.29) is 15.6 Å². The molecule has 0 unspecified atom stereocenters. The molecule has 0 saturated carbocycles. The van der Waals surface area contributed by atoms with Gasteiger partial charge in [-0.3, -0.25) is 9.69 Å². The van der Waals surface area contributed by atoms with Gasteiger partial charge in [0.2, 0.25) is 0 Å². The molecule has 1 aromatic carbocycles. The van der Waals surface area contributed by atoms with E-state index in [1.54, 1.807) is 6.08 Å². The first-order valence-corrected chi connectivity index (χ1v) is 7.97. The van der Waals surface area contributed by atoms with E-state index < -0.39 is 12.5 Å². The fraction of sp³-hybridized carbons (Fsp3) is 0.312. The maximum Gasteiger partial charge on any atom is 0.266 e. The molecule has 0 N–H and O–H groups in total. The van der Waals surface area contributed by atoms with Gasteiger partial charge in [0.25, 0.3) is 5.91 Å². The molecular formula is C16H16NO3S2-. The minimum Gasteiger partial charge on any atom is -0.548 e. The fourth-order valence-corrected chi connectivity index (χ4v) is 3.25. The van der Waals surface area contributed by atoms with E-state index in [4.69, 9.17) is 12.2 Å². The quantitative estimate of drug-likeness (QED) is 0.624. The van der Waals surface area contributed by atoms with Crippen LogP contribution in [0.2, 0.25) is 0 Å². The van der Waals surface area contributed by atoms with Crippen LogP contribution in [0, 0.1) is 0 Å². The average molecular weight is 334 g/mol. The molecule has 1 aliphatic rings. The molecule has 0 spiro atoms. The first kappa shape index (κ1) is 16.7. The van der Waals surface area contributed by atoms with Crippen LogP contribution in [0.3, 0.4) is 0 Å². The Bertz CT molecular complexity index is 657. The third kappa shape index (κ3) is 3.75. The molecule has 22 heavy (non-hydrogen) atoms. The number of rotatable bonds is 3. The average Bonchev–Trinajstić information content (AvgIpc) is 2.66. The maximum absolute atomic E-state index is 12.1. The van der Waals surface area contributed by atoms with Crippen LogP contribution in [-0.2, 0) is 15.0 Å². The number of nitrogens with zero attached hydrogens (tertiary/aromatic N) is 1. The molecule has 0 bridgehead atoms. The van der Waals surface area contributed by atoms with Crippen LogP contribution in [0.1, 0.15) is 31.9 Å². The molecule has 1 heterocycles. The van der Waals surface area contributed by atoms with Gasteiger partial charge >= 0.3 is 0 Å². The summed E-state index contributed by atoms with van der Waals surface area (Å²) in [5.41, 5.74) is 2.15. The Morgan fingerprint density at radius 2 is 1.91 bits per heavy atom. The largest absolute Gasteiger partial charge is 0.548 e. The summed E-state index contributed by atoms with van der Waals surface area (Å²) in [5.74, 6) is -1.72. The minimum absolute atomic E-state index is 0.0659. The van der Waals surface area contributed by atoms with Crippen molar-refractivity contribution in [3.8, 4) is 0 Å². The summed E-state index contributed by atoms with van der Waals surface area (Å²) < 4.78 is 0.242. The molecule has 0 aromatic heterocycles. The van der Waals surface area contributed by atoms with Crippen molar-refractivity contribution in [2.75, 3.05) is 6.54 Å². The lowest BCUT2D eigenvalue weighted by Gasteiger charge is -2.18. The second kappa shape index (κ2) is 6.22. The monoisotopic (exact) mass is 334 g/mol. The number of hydrogen-bond acceptors (Lipinski definition) is 5. The summed E-state index contributed by atoms with van der Waals surface area (Å²) in [6.45, 7) is 5.89. The molecule has 1 saturated heterocycles. The molecule has 0 atom stereocenters. The van der Waals surface area contributed by atoms with Crippen LogP contribution in [0.4, 0.5) is 0 Å². The summed E-state index contributed by atoms with van der Waals surface area (Å²) in [6, 6.07) is 7.92. The van der Waals surface area contributed by atoms with Gasteiger partial charge in [-0.15, -0.1) is 0 Å². The Morgan fingerprint density at radius 1 is 1.32 bits per heavy atom. The highest BCUT2D eigenvalue weighted by Crippen LogP contribution is 2.32. The van der Waals surface area contributed by atoms with Gasteiger partial charge in [-0.25, -0.2) is 0 Å². The van der Waals surface area contributed by atoms with E-state index >= 15 is 0 Å². The molecule has 2 rings (SSSR count). The zero-order valence-corrected chi connectivity index (χ0v) is 14.2. The van der Waals surface area contributed by atoms with Crippen molar-refractivity contribution in [2.45, 2.75) is 26.2 Å². The molecule has 6 heteroatoms. The lowest BCUT2D eigenvalue weighted by molar-refractivity contribution is -0.305. The van der Waals surface area contributed by atoms with Gasteiger partial charge in [-0.2, -0.15) is 0 Å². The van der Waals surface area contributed by atoms with Crippen molar-refractivity contribution in [3.63, 3.8) is 0 Å². The smallest absolute Gasteiger partial charge is 0.266 e. The molecule has 1 aromatic rings. The van der Waals surface area contributed by atoms with E-state index in [1.807, 2.05) is 24.3 Å². The van der Waals surface area contributed by atoms with Crippen LogP contribution >= 0.6 is 24.0 Å². The van der Waals surface area contributed by atoms with Crippen LogP contribution in [0.25, 0.3) is 6.08 Å². The normalized spacial score (nSPS) is 17.4. The standard InChI is InChI=1S/C16H17NO3S2/c1-16(2,3)11-6-4-10(5-7-11)8-12-14(20)17(9-13(18)19)15(21)22-12/h4-8H,9H2,1-3H3,(H,18,19)/p-1/b12-8-. The van der Waals surface area contributed by atoms with Crippen molar-refractivity contribution in [1.82, 2.24) is 4.90 Å². The Morgan fingerprint density at radius 3 is 2.41 bits per heavy atom. The number of thioether (sulfide) groups is 1. The third-order valence-electron chi connectivity index (χ3n) is 3.24. The number of amides is 1.